The number of nitrogens with one attached hydrogen (secondary N) is 1. The molecule has 0 bridgehead atoms. The quantitative estimate of drug-likeness (QED) is 0.636. The lowest BCUT2D eigenvalue weighted by Crippen LogP contribution is -2.29. The first-order valence-corrected chi connectivity index (χ1v) is 6.35. The number of benzene rings is 1. The van der Waals surface area contributed by atoms with Crippen molar-refractivity contribution in [2.24, 2.45) is 0 Å². The Bertz CT molecular complexity index is 412. The molecular formula is C16H23NO. The van der Waals surface area contributed by atoms with Crippen molar-refractivity contribution in [3.8, 4) is 18.1 Å². The van der Waals surface area contributed by atoms with Crippen molar-refractivity contribution < 1.29 is 4.74 Å². The Labute approximate surface area is 111 Å². The third kappa shape index (κ3) is 4.81. The third-order valence-electron chi connectivity index (χ3n) is 2.70. The van der Waals surface area contributed by atoms with Crippen LogP contribution in [0.3, 0.4) is 0 Å². The minimum Gasteiger partial charge on any atom is -0.489 e. The van der Waals surface area contributed by atoms with Crippen LogP contribution in [-0.4, -0.2) is 19.2 Å². The Balaban J connectivity index is 2.60. The molecule has 18 heavy (non-hydrogen) atoms. The first-order valence-electron chi connectivity index (χ1n) is 6.35. The minimum absolute atomic E-state index is 0.105. The molecule has 0 aromatic heterocycles. The third-order valence-corrected chi connectivity index (χ3v) is 2.70. The predicted molar refractivity (Wildman–Crippen MR) is 76.9 cm³/mol. The Morgan fingerprint density at radius 1 is 1.39 bits per heavy atom. The van der Waals surface area contributed by atoms with Crippen LogP contribution in [0.4, 0.5) is 0 Å². The molecule has 1 unspecified atom stereocenters. The number of terminal acetylenes is 1. The minimum atomic E-state index is 0.105. The number of rotatable bonds is 5. The first-order chi connectivity index (χ1) is 8.43. The van der Waals surface area contributed by atoms with E-state index in [-0.39, 0.29) is 11.5 Å². The van der Waals surface area contributed by atoms with Crippen molar-refractivity contribution in [3.05, 3.63) is 29.8 Å². The summed E-state index contributed by atoms with van der Waals surface area (Å²) in [5.41, 5.74) is 1.42. The fourth-order valence-corrected chi connectivity index (χ4v) is 1.66. The van der Waals surface area contributed by atoms with Crippen molar-refractivity contribution in [1.29, 1.82) is 0 Å². The fraction of sp³-hybridized carbons (Fsp3) is 0.500. The number of ether oxygens (including phenoxy) is 1. The van der Waals surface area contributed by atoms with E-state index in [1.165, 1.54) is 5.56 Å². The van der Waals surface area contributed by atoms with E-state index in [1.807, 2.05) is 19.1 Å². The predicted octanol–water partition coefficient (Wildman–Crippen LogP) is 2.97. The van der Waals surface area contributed by atoms with Gasteiger partial charge in [0.1, 0.15) is 11.9 Å². The van der Waals surface area contributed by atoms with Gasteiger partial charge in [0.15, 0.2) is 0 Å². The van der Waals surface area contributed by atoms with Crippen molar-refractivity contribution in [3.63, 3.8) is 0 Å². The molecular weight excluding hydrogens is 222 g/mol. The van der Waals surface area contributed by atoms with Crippen LogP contribution in [0.25, 0.3) is 0 Å². The van der Waals surface area contributed by atoms with Crippen LogP contribution < -0.4 is 10.1 Å². The second kappa shape index (κ2) is 6.47. The van der Waals surface area contributed by atoms with Crippen LogP contribution in [0.5, 0.6) is 5.75 Å². The van der Waals surface area contributed by atoms with Gasteiger partial charge >= 0.3 is 0 Å². The van der Waals surface area contributed by atoms with E-state index in [4.69, 9.17) is 11.2 Å². The molecule has 0 amide bonds. The average Bonchev–Trinajstić information content (AvgIpc) is 2.28. The van der Waals surface area contributed by atoms with Crippen LogP contribution in [-0.2, 0) is 5.41 Å². The van der Waals surface area contributed by atoms with Crippen molar-refractivity contribution in [2.75, 3.05) is 13.1 Å². The second-order valence-corrected chi connectivity index (χ2v) is 5.54. The second-order valence-electron chi connectivity index (χ2n) is 5.54. The summed E-state index contributed by atoms with van der Waals surface area (Å²) in [6.45, 7) is 9.96. The summed E-state index contributed by atoms with van der Waals surface area (Å²) in [6.07, 6.45) is 5.29. The van der Waals surface area contributed by atoms with Crippen LogP contribution in [0.1, 0.15) is 33.3 Å². The maximum atomic E-state index is 5.87. The zero-order chi connectivity index (χ0) is 13.6. The maximum absolute atomic E-state index is 5.87. The summed E-state index contributed by atoms with van der Waals surface area (Å²) in [6, 6.07) is 8.27. The van der Waals surface area contributed by atoms with Crippen molar-refractivity contribution in [1.82, 2.24) is 5.32 Å². The molecule has 1 aromatic rings. The topological polar surface area (TPSA) is 21.3 Å². The molecule has 0 aliphatic heterocycles. The largest absolute Gasteiger partial charge is 0.489 e. The van der Waals surface area contributed by atoms with Gasteiger partial charge in [0.2, 0.25) is 0 Å². The highest BCUT2D eigenvalue weighted by Gasteiger charge is 2.14. The summed E-state index contributed by atoms with van der Waals surface area (Å²) in [5, 5.41) is 3.14. The number of hydrogen-bond acceptors (Lipinski definition) is 2. The van der Waals surface area contributed by atoms with Gasteiger partial charge in [0.25, 0.3) is 0 Å². The Morgan fingerprint density at radius 2 is 2.11 bits per heavy atom. The molecule has 0 spiro atoms. The molecule has 0 heterocycles. The monoisotopic (exact) mass is 245 g/mol. The van der Waals surface area contributed by atoms with Crippen LogP contribution in [0.2, 0.25) is 0 Å². The highest BCUT2D eigenvalue weighted by atomic mass is 16.5. The SMILES string of the molecule is C#CCNCC(C)Oc1cccc(C(C)(C)C)c1. The van der Waals surface area contributed by atoms with E-state index in [0.29, 0.717) is 6.54 Å². The molecule has 2 nitrogen and oxygen atoms in total. The standard InChI is InChI=1S/C16H23NO/c1-6-10-17-12-13(2)18-15-9-7-8-14(11-15)16(3,4)5/h1,7-9,11,13,17H,10,12H2,2-5H3. The Hall–Kier alpha value is -1.46. The van der Waals surface area contributed by atoms with Crippen molar-refractivity contribution in [2.45, 2.75) is 39.2 Å². The molecule has 0 aliphatic rings. The van der Waals surface area contributed by atoms with Crippen molar-refractivity contribution >= 4 is 0 Å². The van der Waals surface area contributed by atoms with E-state index in [1.54, 1.807) is 0 Å². The highest BCUT2D eigenvalue weighted by Crippen LogP contribution is 2.25. The van der Waals surface area contributed by atoms with Crippen LogP contribution >= 0.6 is 0 Å². The molecule has 0 radical (unpaired) electrons. The molecule has 98 valence electrons. The van der Waals surface area contributed by atoms with Gasteiger partial charge < -0.3 is 10.1 Å². The molecule has 0 aliphatic carbocycles. The maximum Gasteiger partial charge on any atom is 0.120 e. The summed E-state index contributed by atoms with van der Waals surface area (Å²) >= 11 is 0. The van der Waals surface area contributed by atoms with Gasteiger partial charge in [-0.3, -0.25) is 0 Å². The normalized spacial score (nSPS) is 12.8. The van der Waals surface area contributed by atoms with Gasteiger partial charge in [-0.15, -0.1) is 6.42 Å². The molecule has 0 saturated carbocycles. The van der Waals surface area contributed by atoms with Gasteiger partial charge in [-0.2, -0.15) is 0 Å². The van der Waals surface area contributed by atoms with Crippen LogP contribution in [0.15, 0.2) is 24.3 Å². The Morgan fingerprint density at radius 3 is 2.72 bits per heavy atom. The highest BCUT2D eigenvalue weighted by molar-refractivity contribution is 5.32. The van der Waals surface area contributed by atoms with Gasteiger partial charge in [-0.1, -0.05) is 38.8 Å². The van der Waals surface area contributed by atoms with E-state index in [0.717, 1.165) is 12.3 Å². The lowest BCUT2D eigenvalue weighted by atomic mass is 9.87. The fourth-order valence-electron chi connectivity index (χ4n) is 1.66. The zero-order valence-electron chi connectivity index (χ0n) is 11.8. The van der Waals surface area contributed by atoms with Gasteiger partial charge in [-0.25, -0.2) is 0 Å². The summed E-state index contributed by atoms with van der Waals surface area (Å²) in [5.74, 6) is 3.46. The summed E-state index contributed by atoms with van der Waals surface area (Å²) in [7, 11) is 0. The Kier molecular flexibility index (Phi) is 5.25. The molecule has 1 atom stereocenters. The molecule has 0 fully saturated rings. The average molecular weight is 245 g/mol. The van der Waals surface area contributed by atoms with E-state index < -0.39 is 0 Å². The zero-order valence-corrected chi connectivity index (χ0v) is 11.8. The molecule has 1 rings (SSSR count). The van der Waals surface area contributed by atoms with E-state index >= 15 is 0 Å². The van der Waals surface area contributed by atoms with Crippen LogP contribution in [0, 0.1) is 12.3 Å². The first kappa shape index (κ1) is 14.6. The van der Waals surface area contributed by atoms with E-state index in [2.05, 4.69) is 44.1 Å². The smallest absolute Gasteiger partial charge is 0.120 e. The van der Waals surface area contributed by atoms with Gasteiger partial charge in [0.05, 0.1) is 6.54 Å². The molecule has 1 N–H and O–H groups in total. The lowest BCUT2D eigenvalue weighted by Gasteiger charge is -2.21. The lowest BCUT2D eigenvalue weighted by molar-refractivity contribution is 0.219. The van der Waals surface area contributed by atoms with E-state index in [9.17, 15) is 0 Å². The molecule has 2 heteroatoms. The summed E-state index contributed by atoms with van der Waals surface area (Å²) in [4.78, 5) is 0. The summed E-state index contributed by atoms with van der Waals surface area (Å²) < 4.78 is 5.87. The van der Waals surface area contributed by atoms with Gasteiger partial charge in [0, 0.05) is 6.54 Å². The molecule has 0 saturated heterocycles. The number of hydrogen-bond donors (Lipinski definition) is 1. The van der Waals surface area contributed by atoms with Gasteiger partial charge in [-0.05, 0) is 30.0 Å². The molecule has 1 aromatic carbocycles.